The molecular formula is C26H24O7S. The van der Waals surface area contributed by atoms with Crippen molar-refractivity contribution in [3.05, 3.63) is 88.5 Å². The summed E-state index contributed by atoms with van der Waals surface area (Å²) in [6.45, 7) is 4.90. The van der Waals surface area contributed by atoms with Crippen LogP contribution in [0.1, 0.15) is 25.2 Å². The molecule has 0 spiro atoms. The molecule has 1 aromatic heterocycles. The second-order valence-electron chi connectivity index (χ2n) is 8.41. The molecule has 0 aliphatic rings. The van der Waals surface area contributed by atoms with E-state index in [2.05, 4.69) is 0 Å². The van der Waals surface area contributed by atoms with E-state index >= 15 is 0 Å². The van der Waals surface area contributed by atoms with Crippen molar-refractivity contribution in [2.45, 2.75) is 31.3 Å². The normalized spacial score (nSPS) is 12.0. The molecule has 0 atom stereocenters. The summed E-state index contributed by atoms with van der Waals surface area (Å²) in [5, 5.41) is 11.7. The number of hydrogen-bond acceptors (Lipinski definition) is 7. The molecule has 1 N–H and O–H groups in total. The van der Waals surface area contributed by atoms with E-state index < -0.39 is 21.3 Å². The van der Waals surface area contributed by atoms with Crippen molar-refractivity contribution in [1.29, 1.82) is 0 Å². The molecule has 34 heavy (non-hydrogen) atoms. The zero-order valence-electron chi connectivity index (χ0n) is 19.2. The van der Waals surface area contributed by atoms with E-state index in [1.807, 2.05) is 6.92 Å². The molecule has 3 aromatic carbocycles. The van der Waals surface area contributed by atoms with Gasteiger partial charge < -0.3 is 18.4 Å². The van der Waals surface area contributed by atoms with Gasteiger partial charge in [-0.25, -0.2) is 4.79 Å². The molecule has 4 aromatic rings. The number of benzene rings is 3. The molecule has 0 radical (unpaired) electrons. The molecule has 8 heteroatoms. The minimum absolute atomic E-state index is 0.00155. The monoisotopic (exact) mass is 480 g/mol. The van der Waals surface area contributed by atoms with Crippen LogP contribution < -0.4 is 14.5 Å². The molecule has 0 aliphatic heterocycles. The van der Waals surface area contributed by atoms with Gasteiger partial charge in [-0.3, -0.25) is 0 Å². The average Bonchev–Trinajstić information content (AvgIpc) is 2.79. The van der Waals surface area contributed by atoms with Gasteiger partial charge >= 0.3 is 15.7 Å². The van der Waals surface area contributed by atoms with E-state index in [0.717, 1.165) is 5.56 Å². The SMILES string of the molecule is COc1cc(-c2c(C(C)(C)O)oc(=O)c3ccccc23)ccc1OS(=O)(=O)c1ccc(C)cc1. The third kappa shape index (κ3) is 4.42. The van der Waals surface area contributed by atoms with Crippen LogP contribution in [0.2, 0.25) is 0 Å². The van der Waals surface area contributed by atoms with Crippen molar-refractivity contribution in [3.63, 3.8) is 0 Å². The Labute approximate surface area is 197 Å². The molecule has 4 rings (SSSR count). The summed E-state index contributed by atoms with van der Waals surface area (Å²) in [5.74, 6) is 0.239. The predicted molar refractivity (Wildman–Crippen MR) is 129 cm³/mol. The molecule has 0 fully saturated rings. The van der Waals surface area contributed by atoms with Gasteiger partial charge in [0.1, 0.15) is 16.3 Å². The lowest BCUT2D eigenvalue weighted by atomic mass is 9.92. The fourth-order valence-corrected chi connectivity index (χ4v) is 4.62. The van der Waals surface area contributed by atoms with Gasteiger partial charge in [0.15, 0.2) is 11.5 Å². The van der Waals surface area contributed by atoms with Crippen LogP contribution in [0.4, 0.5) is 0 Å². The van der Waals surface area contributed by atoms with Gasteiger partial charge in [-0.1, -0.05) is 42.0 Å². The topological polar surface area (TPSA) is 103 Å². The van der Waals surface area contributed by atoms with Gasteiger partial charge in [-0.15, -0.1) is 0 Å². The van der Waals surface area contributed by atoms with Crippen LogP contribution in [0.15, 0.2) is 80.8 Å². The van der Waals surface area contributed by atoms with Crippen molar-refractivity contribution in [3.8, 4) is 22.6 Å². The number of methoxy groups -OCH3 is 1. The predicted octanol–water partition coefficient (Wildman–Crippen LogP) is 4.77. The van der Waals surface area contributed by atoms with Gasteiger partial charge in [0.05, 0.1) is 12.5 Å². The van der Waals surface area contributed by atoms with Crippen LogP contribution in [0.3, 0.4) is 0 Å². The summed E-state index contributed by atoms with van der Waals surface area (Å²) >= 11 is 0. The lowest BCUT2D eigenvalue weighted by Gasteiger charge is -2.21. The van der Waals surface area contributed by atoms with Gasteiger partial charge in [-0.05, 0) is 56.7 Å². The third-order valence-electron chi connectivity index (χ3n) is 5.36. The number of ether oxygens (including phenoxy) is 1. The molecule has 0 aliphatic carbocycles. The highest BCUT2D eigenvalue weighted by Crippen LogP contribution is 2.40. The van der Waals surface area contributed by atoms with E-state index in [-0.39, 0.29) is 22.2 Å². The number of aryl methyl sites for hydroxylation is 1. The highest BCUT2D eigenvalue weighted by Gasteiger charge is 2.28. The fraction of sp³-hybridized carbons (Fsp3) is 0.192. The highest BCUT2D eigenvalue weighted by atomic mass is 32.2. The summed E-state index contributed by atoms with van der Waals surface area (Å²) in [5.41, 5.74) is -0.0591. The Morgan fingerprint density at radius 3 is 2.18 bits per heavy atom. The van der Waals surface area contributed by atoms with Crippen LogP contribution >= 0.6 is 0 Å². The second-order valence-corrected chi connectivity index (χ2v) is 9.96. The lowest BCUT2D eigenvalue weighted by Crippen LogP contribution is -2.20. The summed E-state index contributed by atoms with van der Waals surface area (Å²) in [7, 11) is -2.70. The number of fused-ring (bicyclic) bond motifs is 1. The first kappa shape index (κ1) is 23.5. The van der Waals surface area contributed by atoms with Crippen molar-refractivity contribution >= 4 is 20.9 Å². The number of rotatable bonds is 6. The minimum atomic E-state index is -4.09. The quantitative estimate of drug-likeness (QED) is 0.397. The zero-order valence-corrected chi connectivity index (χ0v) is 20.0. The Kier molecular flexibility index (Phi) is 5.97. The maximum absolute atomic E-state index is 12.8. The molecule has 0 unspecified atom stereocenters. The minimum Gasteiger partial charge on any atom is -0.493 e. The molecule has 1 heterocycles. The van der Waals surface area contributed by atoms with Gasteiger partial charge in [-0.2, -0.15) is 8.42 Å². The summed E-state index contributed by atoms with van der Waals surface area (Å²) < 4.78 is 41.9. The molecule has 0 bridgehead atoms. The molecule has 7 nitrogen and oxygen atoms in total. The van der Waals surface area contributed by atoms with E-state index in [1.165, 1.54) is 39.2 Å². The average molecular weight is 481 g/mol. The Bertz CT molecular complexity index is 1530. The maximum Gasteiger partial charge on any atom is 0.343 e. The molecular weight excluding hydrogens is 456 g/mol. The Morgan fingerprint density at radius 1 is 0.912 bits per heavy atom. The van der Waals surface area contributed by atoms with Gasteiger partial charge in [0.2, 0.25) is 0 Å². The summed E-state index contributed by atoms with van der Waals surface area (Å²) in [4.78, 5) is 12.5. The van der Waals surface area contributed by atoms with E-state index in [1.54, 1.807) is 48.5 Å². The molecule has 176 valence electrons. The Morgan fingerprint density at radius 2 is 1.56 bits per heavy atom. The van der Waals surface area contributed by atoms with Crippen molar-refractivity contribution < 1.29 is 26.9 Å². The molecule has 0 saturated carbocycles. The van der Waals surface area contributed by atoms with E-state index in [4.69, 9.17) is 13.3 Å². The second kappa shape index (κ2) is 8.62. The van der Waals surface area contributed by atoms with Crippen LogP contribution in [-0.2, 0) is 15.7 Å². The molecule has 0 amide bonds. The Balaban J connectivity index is 1.86. The molecule has 0 saturated heterocycles. The summed E-state index contributed by atoms with van der Waals surface area (Å²) in [6.07, 6.45) is 0. The number of hydrogen-bond donors (Lipinski definition) is 1. The fourth-order valence-electron chi connectivity index (χ4n) is 3.68. The largest absolute Gasteiger partial charge is 0.493 e. The first-order chi connectivity index (χ1) is 16.0. The van der Waals surface area contributed by atoms with Crippen molar-refractivity contribution in [2.24, 2.45) is 0 Å². The first-order valence-corrected chi connectivity index (χ1v) is 11.9. The van der Waals surface area contributed by atoms with E-state index in [0.29, 0.717) is 21.9 Å². The van der Waals surface area contributed by atoms with Gasteiger partial charge in [0, 0.05) is 10.9 Å². The lowest BCUT2D eigenvalue weighted by molar-refractivity contribution is 0.0521. The van der Waals surface area contributed by atoms with Crippen LogP contribution in [0, 0.1) is 6.92 Å². The smallest absolute Gasteiger partial charge is 0.343 e. The first-order valence-electron chi connectivity index (χ1n) is 10.5. The third-order valence-corrected chi connectivity index (χ3v) is 6.60. The summed E-state index contributed by atoms with van der Waals surface area (Å²) in [6, 6.07) is 17.9. The number of aliphatic hydroxyl groups is 1. The maximum atomic E-state index is 12.8. The highest BCUT2D eigenvalue weighted by molar-refractivity contribution is 7.87. The van der Waals surface area contributed by atoms with Crippen molar-refractivity contribution in [1.82, 2.24) is 0 Å². The van der Waals surface area contributed by atoms with E-state index in [9.17, 15) is 18.3 Å². The standard InChI is InChI=1S/C26H24O7S/c1-16-9-12-18(13-10-16)34(29,30)33-21-14-11-17(15-22(21)31-4)23-19-7-5-6-8-20(19)25(27)32-24(23)26(2,3)28/h5-15,28H,1-4H3. The van der Waals surface area contributed by atoms with Crippen LogP contribution in [-0.4, -0.2) is 20.6 Å². The van der Waals surface area contributed by atoms with Crippen LogP contribution in [0.25, 0.3) is 21.9 Å². The zero-order chi connectivity index (χ0) is 24.7. The Hall–Kier alpha value is -3.62. The van der Waals surface area contributed by atoms with Crippen molar-refractivity contribution in [2.75, 3.05) is 7.11 Å². The van der Waals surface area contributed by atoms with Gasteiger partial charge in [0.25, 0.3) is 0 Å². The van der Waals surface area contributed by atoms with Crippen LogP contribution in [0.5, 0.6) is 11.5 Å².